The van der Waals surface area contributed by atoms with Gasteiger partial charge in [0.1, 0.15) is 17.5 Å². The molecule has 2 rings (SSSR count). The monoisotopic (exact) mass is 264 g/mol. The Labute approximate surface area is 110 Å². The number of aromatic nitrogens is 3. The molecule has 0 fully saturated rings. The molecule has 0 spiro atoms. The molecule has 19 heavy (non-hydrogen) atoms. The van der Waals surface area contributed by atoms with Crippen LogP contribution >= 0.6 is 0 Å². The first kappa shape index (κ1) is 13.3. The van der Waals surface area contributed by atoms with E-state index < -0.39 is 5.97 Å². The first-order chi connectivity index (χ1) is 9.17. The SMILES string of the molecule is CCOC(=O)c1noc2ncnc(NC(C)CC)c12. The van der Waals surface area contributed by atoms with Crippen molar-refractivity contribution in [3.05, 3.63) is 12.0 Å². The minimum absolute atomic E-state index is 0.100. The summed E-state index contributed by atoms with van der Waals surface area (Å²) in [6.45, 7) is 6.07. The van der Waals surface area contributed by atoms with Crippen LogP contribution in [0, 0.1) is 0 Å². The number of carbonyl (C=O) groups excluding carboxylic acids is 1. The summed E-state index contributed by atoms with van der Waals surface area (Å²) in [7, 11) is 0. The molecule has 0 aromatic carbocycles. The van der Waals surface area contributed by atoms with Gasteiger partial charge in [0.2, 0.25) is 5.69 Å². The van der Waals surface area contributed by atoms with E-state index in [1.165, 1.54) is 6.33 Å². The van der Waals surface area contributed by atoms with Gasteiger partial charge in [0, 0.05) is 6.04 Å². The van der Waals surface area contributed by atoms with Crippen molar-refractivity contribution < 1.29 is 14.1 Å². The van der Waals surface area contributed by atoms with Crippen LogP contribution in [-0.2, 0) is 4.74 Å². The standard InChI is InChI=1S/C12H16N4O3/c1-4-7(3)15-10-8-9(12(17)18-5-2)16-19-11(8)14-6-13-10/h6-7H,4-5H2,1-3H3,(H,13,14,15). The fraction of sp³-hybridized carbons (Fsp3) is 0.500. The van der Waals surface area contributed by atoms with Crippen LogP contribution in [0.5, 0.6) is 0 Å². The van der Waals surface area contributed by atoms with Crippen LogP contribution in [0.2, 0.25) is 0 Å². The Bertz CT molecular complexity index is 581. The maximum atomic E-state index is 11.8. The molecular weight excluding hydrogens is 248 g/mol. The molecule has 0 amide bonds. The topological polar surface area (TPSA) is 90.1 Å². The average molecular weight is 264 g/mol. The fourth-order valence-electron chi connectivity index (χ4n) is 1.57. The van der Waals surface area contributed by atoms with E-state index in [-0.39, 0.29) is 24.1 Å². The number of rotatable bonds is 5. The van der Waals surface area contributed by atoms with Crippen molar-refractivity contribution in [1.29, 1.82) is 0 Å². The van der Waals surface area contributed by atoms with Gasteiger partial charge in [-0.3, -0.25) is 0 Å². The zero-order chi connectivity index (χ0) is 13.8. The smallest absolute Gasteiger partial charge is 0.361 e. The summed E-state index contributed by atoms with van der Waals surface area (Å²) in [6, 6.07) is 0.211. The predicted octanol–water partition coefficient (Wildman–Crippen LogP) is 2.00. The van der Waals surface area contributed by atoms with E-state index in [0.717, 1.165) is 6.42 Å². The molecule has 1 unspecified atom stereocenters. The molecular formula is C12H16N4O3. The van der Waals surface area contributed by atoms with Crippen LogP contribution in [0.4, 0.5) is 5.82 Å². The van der Waals surface area contributed by atoms with E-state index in [9.17, 15) is 4.79 Å². The van der Waals surface area contributed by atoms with E-state index in [0.29, 0.717) is 11.2 Å². The van der Waals surface area contributed by atoms with Gasteiger partial charge in [-0.2, -0.15) is 4.98 Å². The third kappa shape index (κ3) is 2.64. The molecule has 1 atom stereocenters. The highest BCUT2D eigenvalue weighted by atomic mass is 16.5. The normalized spacial score (nSPS) is 12.4. The van der Waals surface area contributed by atoms with Gasteiger partial charge >= 0.3 is 5.97 Å². The number of hydrogen-bond donors (Lipinski definition) is 1. The van der Waals surface area contributed by atoms with Crippen LogP contribution in [0.3, 0.4) is 0 Å². The molecule has 2 aromatic rings. The van der Waals surface area contributed by atoms with Gasteiger partial charge in [-0.15, -0.1) is 0 Å². The molecule has 0 aliphatic heterocycles. The van der Waals surface area contributed by atoms with Crippen LogP contribution in [0.1, 0.15) is 37.7 Å². The lowest BCUT2D eigenvalue weighted by molar-refractivity contribution is 0.0517. The number of fused-ring (bicyclic) bond motifs is 1. The number of ether oxygens (including phenoxy) is 1. The molecule has 0 aliphatic rings. The van der Waals surface area contributed by atoms with Crippen LogP contribution < -0.4 is 5.32 Å². The van der Waals surface area contributed by atoms with Crippen molar-refractivity contribution in [2.45, 2.75) is 33.2 Å². The Hall–Kier alpha value is -2.18. The molecule has 0 radical (unpaired) electrons. The van der Waals surface area contributed by atoms with Gasteiger partial charge in [-0.05, 0) is 20.3 Å². The average Bonchev–Trinajstić information content (AvgIpc) is 2.84. The van der Waals surface area contributed by atoms with Gasteiger partial charge in [0.15, 0.2) is 0 Å². The van der Waals surface area contributed by atoms with Gasteiger partial charge in [0.25, 0.3) is 5.71 Å². The van der Waals surface area contributed by atoms with E-state index in [2.05, 4.69) is 27.4 Å². The summed E-state index contributed by atoms with van der Waals surface area (Å²) in [5.41, 5.74) is 0.368. The highest BCUT2D eigenvalue weighted by molar-refractivity contribution is 6.04. The maximum absolute atomic E-state index is 11.8. The highest BCUT2D eigenvalue weighted by Crippen LogP contribution is 2.24. The van der Waals surface area contributed by atoms with E-state index in [1.54, 1.807) is 6.92 Å². The second kappa shape index (κ2) is 5.64. The summed E-state index contributed by atoms with van der Waals surface area (Å²) >= 11 is 0. The van der Waals surface area contributed by atoms with E-state index in [4.69, 9.17) is 9.26 Å². The summed E-state index contributed by atoms with van der Waals surface area (Å²) < 4.78 is 9.97. The third-order valence-electron chi connectivity index (χ3n) is 2.74. The fourth-order valence-corrected chi connectivity index (χ4v) is 1.57. The van der Waals surface area contributed by atoms with Crippen molar-refractivity contribution in [1.82, 2.24) is 15.1 Å². The zero-order valence-corrected chi connectivity index (χ0v) is 11.1. The Morgan fingerprint density at radius 2 is 2.26 bits per heavy atom. The van der Waals surface area contributed by atoms with E-state index >= 15 is 0 Å². The van der Waals surface area contributed by atoms with Gasteiger partial charge in [0.05, 0.1) is 6.61 Å². The van der Waals surface area contributed by atoms with Crippen LogP contribution in [-0.4, -0.2) is 33.7 Å². The molecule has 2 heterocycles. The highest BCUT2D eigenvalue weighted by Gasteiger charge is 2.22. The molecule has 0 saturated heterocycles. The van der Waals surface area contributed by atoms with E-state index in [1.807, 2.05) is 6.92 Å². The maximum Gasteiger partial charge on any atom is 0.361 e. The van der Waals surface area contributed by atoms with Crippen molar-refractivity contribution in [3.63, 3.8) is 0 Å². The van der Waals surface area contributed by atoms with Crippen molar-refractivity contribution in [2.24, 2.45) is 0 Å². The lowest BCUT2D eigenvalue weighted by atomic mass is 10.2. The molecule has 2 aromatic heterocycles. The summed E-state index contributed by atoms with van der Waals surface area (Å²) in [4.78, 5) is 19.9. The zero-order valence-electron chi connectivity index (χ0n) is 11.1. The van der Waals surface area contributed by atoms with Gasteiger partial charge in [-0.1, -0.05) is 12.1 Å². The number of esters is 1. The largest absolute Gasteiger partial charge is 0.461 e. The minimum Gasteiger partial charge on any atom is -0.461 e. The molecule has 0 aliphatic carbocycles. The second-order valence-electron chi connectivity index (χ2n) is 4.11. The number of nitrogens with zero attached hydrogens (tertiary/aromatic N) is 3. The predicted molar refractivity (Wildman–Crippen MR) is 68.9 cm³/mol. The quantitative estimate of drug-likeness (QED) is 0.826. The molecule has 7 heteroatoms. The van der Waals surface area contributed by atoms with Crippen molar-refractivity contribution >= 4 is 22.9 Å². The number of anilines is 1. The summed E-state index contributed by atoms with van der Waals surface area (Å²) in [5.74, 6) is -0.00750. The second-order valence-corrected chi connectivity index (χ2v) is 4.11. The number of hydrogen-bond acceptors (Lipinski definition) is 7. The molecule has 102 valence electrons. The van der Waals surface area contributed by atoms with Gasteiger partial charge < -0.3 is 14.6 Å². The molecule has 0 saturated carbocycles. The lowest BCUT2D eigenvalue weighted by Crippen LogP contribution is -2.15. The molecule has 0 bridgehead atoms. The Morgan fingerprint density at radius 1 is 1.47 bits per heavy atom. The number of carbonyl (C=O) groups is 1. The minimum atomic E-state index is -0.539. The Kier molecular flexibility index (Phi) is 3.94. The number of nitrogens with one attached hydrogen (secondary N) is 1. The lowest BCUT2D eigenvalue weighted by Gasteiger charge is -2.12. The molecule has 1 N–H and O–H groups in total. The van der Waals surface area contributed by atoms with Crippen molar-refractivity contribution in [3.8, 4) is 0 Å². The first-order valence-electron chi connectivity index (χ1n) is 6.21. The summed E-state index contributed by atoms with van der Waals surface area (Å²) in [5, 5.41) is 7.37. The Morgan fingerprint density at radius 3 is 2.95 bits per heavy atom. The van der Waals surface area contributed by atoms with Gasteiger partial charge in [-0.25, -0.2) is 9.78 Å². The summed E-state index contributed by atoms with van der Waals surface area (Å²) in [6.07, 6.45) is 2.29. The van der Waals surface area contributed by atoms with Crippen LogP contribution in [0.15, 0.2) is 10.9 Å². The third-order valence-corrected chi connectivity index (χ3v) is 2.74. The van der Waals surface area contributed by atoms with Crippen LogP contribution in [0.25, 0.3) is 11.1 Å². The van der Waals surface area contributed by atoms with Crippen molar-refractivity contribution in [2.75, 3.05) is 11.9 Å². The Balaban J connectivity index is 2.46. The first-order valence-corrected chi connectivity index (χ1v) is 6.21. The molecule has 7 nitrogen and oxygen atoms in total.